The van der Waals surface area contributed by atoms with Gasteiger partial charge in [0.15, 0.2) is 0 Å². The highest BCUT2D eigenvalue weighted by atomic mass is 127. The minimum Gasteiger partial charge on any atom is -0.459 e. The Morgan fingerprint density at radius 1 is 1.39 bits per heavy atom. The molecular weight excluding hydrogens is 337 g/mol. The lowest BCUT2D eigenvalue weighted by atomic mass is 10.1. The molecule has 0 spiro atoms. The summed E-state index contributed by atoms with van der Waals surface area (Å²) in [6.45, 7) is 5.18. The van der Waals surface area contributed by atoms with E-state index in [9.17, 15) is 0 Å². The molecule has 1 aromatic carbocycles. The first-order chi connectivity index (χ1) is 8.65. The largest absolute Gasteiger partial charge is 0.459 e. The summed E-state index contributed by atoms with van der Waals surface area (Å²) in [7, 11) is 0. The van der Waals surface area contributed by atoms with E-state index in [-0.39, 0.29) is 0 Å². The average molecular weight is 355 g/mol. The van der Waals surface area contributed by atoms with Gasteiger partial charge < -0.3 is 9.73 Å². The Balaban J connectivity index is 2.04. The van der Waals surface area contributed by atoms with Crippen LogP contribution in [0.25, 0.3) is 11.0 Å². The molecule has 2 aromatic rings. The van der Waals surface area contributed by atoms with Gasteiger partial charge in [-0.1, -0.05) is 13.8 Å². The zero-order chi connectivity index (χ0) is 12.7. The summed E-state index contributed by atoms with van der Waals surface area (Å²) in [6.07, 6.45) is 2.63. The van der Waals surface area contributed by atoms with Gasteiger partial charge in [-0.25, -0.2) is 0 Å². The molecule has 3 heteroatoms. The molecule has 1 saturated carbocycles. The Bertz CT molecular complexity index is 569. The number of benzene rings is 1. The van der Waals surface area contributed by atoms with Crippen LogP contribution in [0.3, 0.4) is 0 Å². The molecule has 0 atom stereocenters. The fourth-order valence-corrected chi connectivity index (χ4v) is 2.88. The van der Waals surface area contributed by atoms with E-state index in [2.05, 4.69) is 60.0 Å². The molecule has 0 saturated heterocycles. The van der Waals surface area contributed by atoms with E-state index in [1.54, 1.807) is 0 Å². The van der Waals surface area contributed by atoms with Crippen molar-refractivity contribution in [2.45, 2.75) is 45.2 Å². The summed E-state index contributed by atoms with van der Waals surface area (Å²) < 4.78 is 7.32. The van der Waals surface area contributed by atoms with Gasteiger partial charge in [0.05, 0.1) is 6.54 Å². The van der Waals surface area contributed by atoms with Crippen LogP contribution in [0.4, 0.5) is 0 Å². The lowest BCUT2D eigenvalue weighted by Gasteiger charge is -2.07. The Labute approximate surface area is 121 Å². The molecule has 0 unspecified atom stereocenters. The maximum Gasteiger partial charge on any atom is 0.134 e. The summed E-state index contributed by atoms with van der Waals surface area (Å²) in [5.74, 6) is 1.87. The molecule has 1 aliphatic rings. The maximum atomic E-state index is 6.04. The molecule has 1 fully saturated rings. The second-order valence-corrected chi connectivity index (χ2v) is 6.63. The second kappa shape index (κ2) is 4.85. The molecule has 0 bridgehead atoms. The third kappa shape index (κ3) is 2.43. The van der Waals surface area contributed by atoms with E-state index < -0.39 is 0 Å². The van der Waals surface area contributed by atoms with Gasteiger partial charge in [0.2, 0.25) is 0 Å². The lowest BCUT2D eigenvalue weighted by Crippen LogP contribution is -2.22. The molecule has 1 aromatic heterocycles. The van der Waals surface area contributed by atoms with Crippen LogP contribution in [0.1, 0.15) is 43.9 Å². The van der Waals surface area contributed by atoms with Crippen molar-refractivity contribution < 1.29 is 4.42 Å². The summed E-state index contributed by atoms with van der Waals surface area (Å²) in [5.41, 5.74) is 2.49. The molecule has 0 aliphatic heterocycles. The van der Waals surface area contributed by atoms with Crippen molar-refractivity contribution in [3.05, 3.63) is 33.1 Å². The van der Waals surface area contributed by atoms with Crippen LogP contribution in [0.15, 0.2) is 22.6 Å². The fraction of sp³-hybridized carbons (Fsp3) is 0.467. The van der Waals surface area contributed by atoms with Crippen LogP contribution in [0, 0.1) is 3.57 Å². The Morgan fingerprint density at radius 3 is 2.83 bits per heavy atom. The Hall–Kier alpha value is -0.550. The number of hydrogen-bond acceptors (Lipinski definition) is 2. The van der Waals surface area contributed by atoms with Crippen LogP contribution < -0.4 is 5.32 Å². The molecule has 1 aliphatic carbocycles. The van der Waals surface area contributed by atoms with Crippen molar-refractivity contribution in [1.29, 1.82) is 0 Å². The molecule has 0 radical (unpaired) electrons. The normalized spacial score (nSPS) is 15.8. The monoisotopic (exact) mass is 355 g/mol. The number of rotatable bonds is 4. The number of fused-ring (bicyclic) bond motifs is 1. The number of halogens is 1. The first-order valence-electron chi connectivity index (χ1n) is 6.59. The highest BCUT2D eigenvalue weighted by molar-refractivity contribution is 14.1. The van der Waals surface area contributed by atoms with E-state index in [1.165, 1.54) is 27.4 Å². The van der Waals surface area contributed by atoms with Gasteiger partial charge in [0.25, 0.3) is 0 Å². The number of hydrogen-bond donors (Lipinski definition) is 1. The quantitative estimate of drug-likeness (QED) is 0.822. The van der Waals surface area contributed by atoms with Crippen LogP contribution in [-0.2, 0) is 6.54 Å². The third-order valence-corrected chi connectivity index (χ3v) is 4.09. The highest BCUT2D eigenvalue weighted by Gasteiger charge is 2.30. The first-order valence-corrected chi connectivity index (χ1v) is 7.67. The molecule has 1 heterocycles. The van der Waals surface area contributed by atoms with E-state index in [0.717, 1.165) is 23.8 Å². The Morgan fingerprint density at radius 2 is 2.17 bits per heavy atom. The minimum atomic E-state index is 0.491. The topological polar surface area (TPSA) is 25.2 Å². The standard InChI is InChI=1S/C15H18INO/c1-9(2)17-8-14-15(10-3-4-10)12-7-11(16)5-6-13(12)18-14/h5-7,9-10,17H,3-4,8H2,1-2H3. The van der Waals surface area contributed by atoms with Crippen LogP contribution in [-0.4, -0.2) is 6.04 Å². The van der Waals surface area contributed by atoms with E-state index in [4.69, 9.17) is 4.42 Å². The molecular formula is C15H18INO. The summed E-state index contributed by atoms with van der Waals surface area (Å²) in [6, 6.07) is 6.96. The molecule has 1 N–H and O–H groups in total. The van der Waals surface area contributed by atoms with Crippen molar-refractivity contribution in [3.8, 4) is 0 Å². The van der Waals surface area contributed by atoms with E-state index in [0.29, 0.717) is 6.04 Å². The van der Waals surface area contributed by atoms with Crippen LogP contribution in [0.5, 0.6) is 0 Å². The van der Waals surface area contributed by atoms with Gasteiger partial charge in [-0.3, -0.25) is 0 Å². The number of furan rings is 1. The predicted molar refractivity (Wildman–Crippen MR) is 82.9 cm³/mol. The van der Waals surface area contributed by atoms with Gasteiger partial charge in [-0.2, -0.15) is 0 Å². The summed E-state index contributed by atoms with van der Waals surface area (Å²) >= 11 is 2.37. The highest BCUT2D eigenvalue weighted by Crippen LogP contribution is 2.46. The number of nitrogens with one attached hydrogen (secondary N) is 1. The zero-order valence-electron chi connectivity index (χ0n) is 10.8. The summed E-state index contributed by atoms with van der Waals surface area (Å²) in [4.78, 5) is 0. The van der Waals surface area contributed by atoms with Gasteiger partial charge in [-0.15, -0.1) is 0 Å². The Kier molecular flexibility index (Phi) is 3.36. The lowest BCUT2D eigenvalue weighted by molar-refractivity contribution is 0.483. The third-order valence-electron chi connectivity index (χ3n) is 3.42. The van der Waals surface area contributed by atoms with Crippen molar-refractivity contribution in [1.82, 2.24) is 5.32 Å². The fourth-order valence-electron chi connectivity index (χ4n) is 2.39. The van der Waals surface area contributed by atoms with Crippen molar-refractivity contribution in [2.24, 2.45) is 0 Å². The SMILES string of the molecule is CC(C)NCc1oc2ccc(I)cc2c1C1CC1. The molecule has 18 heavy (non-hydrogen) atoms. The first kappa shape index (κ1) is 12.5. The zero-order valence-corrected chi connectivity index (χ0v) is 13.0. The molecule has 0 amide bonds. The van der Waals surface area contributed by atoms with Gasteiger partial charge in [0.1, 0.15) is 11.3 Å². The molecule has 2 nitrogen and oxygen atoms in total. The molecule has 3 rings (SSSR count). The minimum absolute atomic E-state index is 0.491. The van der Waals surface area contributed by atoms with Gasteiger partial charge in [0, 0.05) is 20.6 Å². The molecule has 96 valence electrons. The summed E-state index contributed by atoms with van der Waals surface area (Å²) in [5, 5.41) is 4.79. The van der Waals surface area contributed by atoms with E-state index in [1.807, 2.05) is 0 Å². The van der Waals surface area contributed by atoms with Crippen molar-refractivity contribution in [3.63, 3.8) is 0 Å². The average Bonchev–Trinajstić information content (AvgIpc) is 3.08. The van der Waals surface area contributed by atoms with Crippen molar-refractivity contribution >= 4 is 33.6 Å². The smallest absolute Gasteiger partial charge is 0.134 e. The van der Waals surface area contributed by atoms with Gasteiger partial charge >= 0.3 is 0 Å². The maximum absolute atomic E-state index is 6.04. The van der Waals surface area contributed by atoms with Crippen LogP contribution >= 0.6 is 22.6 Å². The second-order valence-electron chi connectivity index (χ2n) is 5.39. The van der Waals surface area contributed by atoms with Crippen LogP contribution in [0.2, 0.25) is 0 Å². The van der Waals surface area contributed by atoms with Gasteiger partial charge in [-0.05, 0) is 59.5 Å². The predicted octanol–water partition coefficient (Wildman–Crippen LogP) is 4.41. The van der Waals surface area contributed by atoms with E-state index >= 15 is 0 Å². The van der Waals surface area contributed by atoms with Crippen molar-refractivity contribution in [2.75, 3.05) is 0 Å².